The standard InChI is InChI=1S/C20H26N2O3/c1-13(2)22-19(23)17(15-9-5-6-10-16(15)25-4)18(20(22)24)21-11-7-8-14(3)12-21/h5-6,9-10,13-14H,7-8,11-12H2,1-4H3. The minimum absolute atomic E-state index is 0.176. The van der Waals surface area contributed by atoms with Gasteiger partial charge in [0.05, 0.1) is 12.7 Å². The summed E-state index contributed by atoms with van der Waals surface area (Å²) in [6.45, 7) is 7.55. The van der Waals surface area contributed by atoms with Gasteiger partial charge in [0.25, 0.3) is 11.8 Å². The van der Waals surface area contributed by atoms with Crippen LogP contribution in [0.15, 0.2) is 30.0 Å². The van der Waals surface area contributed by atoms with Crippen molar-refractivity contribution in [3.8, 4) is 5.75 Å². The predicted molar refractivity (Wildman–Crippen MR) is 96.9 cm³/mol. The summed E-state index contributed by atoms with van der Waals surface area (Å²) in [6, 6.07) is 7.25. The average Bonchev–Trinajstić information content (AvgIpc) is 2.85. The molecule has 3 rings (SSSR count). The largest absolute Gasteiger partial charge is 0.496 e. The van der Waals surface area contributed by atoms with E-state index in [0.29, 0.717) is 28.5 Å². The lowest BCUT2D eigenvalue weighted by Gasteiger charge is -2.33. The molecule has 1 aromatic rings. The van der Waals surface area contributed by atoms with Crippen molar-refractivity contribution in [2.75, 3.05) is 20.2 Å². The molecule has 134 valence electrons. The molecule has 1 unspecified atom stereocenters. The summed E-state index contributed by atoms with van der Waals surface area (Å²) >= 11 is 0. The van der Waals surface area contributed by atoms with Crippen molar-refractivity contribution in [3.05, 3.63) is 35.5 Å². The topological polar surface area (TPSA) is 49.9 Å². The van der Waals surface area contributed by atoms with Crippen LogP contribution in [0.4, 0.5) is 0 Å². The Labute approximate surface area is 149 Å². The lowest BCUT2D eigenvalue weighted by atomic mass is 9.97. The third kappa shape index (κ3) is 3.03. The Morgan fingerprint density at radius 2 is 1.88 bits per heavy atom. The van der Waals surface area contributed by atoms with Crippen molar-refractivity contribution in [2.45, 2.75) is 39.7 Å². The molecule has 0 aromatic heterocycles. The second-order valence-electron chi connectivity index (χ2n) is 7.19. The Morgan fingerprint density at radius 3 is 2.52 bits per heavy atom. The van der Waals surface area contributed by atoms with Crippen molar-refractivity contribution in [3.63, 3.8) is 0 Å². The molecule has 0 N–H and O–H groups in total. The first kappa shape index (κ1) is 17.5. The highest BCUT2D eigenvalue weighted by Gasteiger charge is 2.44. The highest BCUT2D eigenvalue weighted by Crippen LogP contribution is 2.38. The number of amides is 2. The maximum Gasteiger partial charge on any atom is 0.278 e. The first-order chi connectivity index (χ1) is 12.0. The number of carbonyl (C=O) groups excluding carboxylic acids is 2. The Morgan fingerprint density at radius 1 is 1.16 bits per heavy atom. The SMILES string of the molecule is COc1ccccc1C1=C(N2CCCC(C)C2)C(=O)N(C(C)C)C1=O. The average molecular weight is 342 g/mol. The lowest BCUT2D eigenvalue weighted by molar-refractivity contribution is -0.139. The molecule has 0 aliphatic carbocycles. The van der Waals surface area contributed by atoms with E-state index in [2.05, 4.69) is 11.8 Å². The monoisotopic (exact) mass is 342 g/mol. The third-order valence-electron chi connectivity index (χ3n) is 4.96. The summed E-state index contributed by atoms with van der Waals surface area (Å²) in [5, 5.41) is 0. The van der Waals surface area contributed by atoms with Gasteiger partial charge in [0.1, 0.15) is 11.4 Å². The molecule has 1 atom stereocenters. The molecular weight excluding hydrogens is 316 g/mol. The van der Waals surface area contributed by atoms with Gasteiger partial charge < -0.3 is 9.64 Å². The van der Waals surface area contributed by atoms with Gasteiger partial charge in [-0.25, -0.2) is 0 Å². The number of hydrogen-bond acceptors (Lipinski definition) is 4. The highest BCUT2D eigenvalue weighted by atomic mass is 16.5. The number of nitrogens with zero attached hydrogens (tertiary/aromatic N) is 2. The molecule has 2 aliphatic heterocycles. The van der Waals surface area contributed by atoms with Crippen LogP contribution >= 0.6 is 0 Å². The normalized spacial score (nSPS) is 21.6. The van der Waals surface area contributed by atoms with Crippen molar-refractivity contribution in [2.24, 2.45) is 5.92 Å². The molecule has 1 aromatic carbocycles. The van der Waals surface area contributed by atoms with Crippen LogP contribution in [-0.2, 0) is 9.59 Å². The second-order valence-corrected chi connectivity index (χ2v) is 7.19. The molecule has 0 bridgehead atoms. The minimum atomic E-state index is -0.224. The summed E-state index contributed by atoms with van der Waals surface area (Å²) in [5.74, 6) is 0.718. The third-order valence-corrected chi connectivity index (χ3v) is 4.96. The number of carbonyl (C=O) groups is 2. The van der Waals surface area contributed by atoms with E-state index in [4.69, 9.17) is 4.74 Å². The lowest BCUT2D eigenvalue weighted by Crippen LogP contribution is -2.41. The van der Waals surface area contributed by atoms with Gasteiger partial charge in [0.2, 0.25) is 0 Å². The Bertz CT molecular complexity index is 723. The fourth-order valence-electron chi connectivity index (χ4n) is 3.78. The fourth-order valence-corrected chi connectivity index (χ4v) is 3.78. The van der Waals surface area contributed by atoms with Crippen molar-refractivity contribution in [1.29, 1.82) is 0 Å². The fraction of sp³-hybridized carbons (Fsp3) is 0.500. The maximum atomic E-state index is 13.1. The summed E-state index contributed by atoms with van der Waals surface area (Å²) in [7, 11) is 1.59. The van der Waals surface area contributed by atoms with Crippen molar-refractivity contribution in [1.82, 2.24) is 9.80 Å². The molecule has 2 heterocycles. The van der Waals surface area contributed by atoms with Crippen LogP contribution in [0, 0.1) is 5.92 Å². The van der Waals surface area contributed by atoms with E-state index in [9.17, 15) is 9.59 Å². The molecule has 5 heteroatoms. The molecule has 2 aliphatic rings. The number of ether oxygens (including phenoxy) is 1. The second kappa shape index (κ2) is 6.90. The highest BCUT2D eigenvalue weighted by molar-refractivity contribution is 6.36. The zero-order chi connectivity index (χ0) is 18.1. The summed E-state index contributed by atoms with van der Waals surface area (Å²) < 4.78 is 5.46. The molecule has 1 saturated heterocycles. The molecule has 5 nitrogen and oxygen atoms in total. The van der Waals surface area contributed by atoms with Crippen LogP contribution in [0.25, 0.3) is 5.57 Å². The number of hydrogen-bond donors (Lipinski definition) is 0. The number of para-hydroxylation sites is 1. The molecule has 2 amide bonds. The quantitative estimate of drug-likeness (QED) is 0.790. The zero-order valence-corrected chi connectivity index (χ0v) is 15.4. The summed E-state index contributed by atoms with van der Waals surface area (Å²) in [5.41, 5.74) is 1.71. The van der Waals surface area contributed by atoms with E-state index in [1.807, 2.05) is 38.1 Å². The molecule has 25 heavy (non-hydrogen) atoms. The van der Waals surface area contributed by atoms with Gasteiger partial charge in [-0.1, -0.05) is 25.1 Å². The first-order valence-electron chi connectivity index (χ1n) is 8.96. The van der Waals surface area contributed by atoms with E-state index in [1.165, 1.54) is 4.90 Å². The Kier molecular flexibility index (Phi) is 4.84. The van der Waals surface area contributed by atoms with Gasteiger partial charge in [-0.2, -0.15) is 0 Å². The number of piperidine rings is 1. The summed E-state index contributed by atoms with van der Waals surface area (Å²) in [4.78, 5) is 29.7. The van der Waals surface area contributed by atoms with Crippen LogP contribution in [0.2, 0.25) is 0 Å². The van der Waals surface area contributed by atoms with Crippen molar-refractivity contribution < 1.29 is 14.3 Å². The van der Waals surface area contributed by atoms with E-state index < -0.39 is 0 Å². The Hall–Kier alpha value is -2.30. The summed E-state index contributed by atoms with van der Waals surface area (Å²) in [6.07, 6.45) is 2.19. The number of likely N-dealkylation sites (tertiary alicyclic amines) is 1. The van der Waals surface area contributed by atoms with Crippen LogP contribution in [0.3, 0.4) is 0 Å². The van der Waals surface area contributed by atoms with E-state index >= 15 is 0 Å². The molecule has 0 spiro atoms. The number of methoxy groups -OCH3 is 1. The molecule has 1 fully saturated rings. The van der Waals surface area contributed by atoms with E-state index in [1.54, 1.807) is 7.11 Å². The Balaban J connectivity index is 2.16. The number of benzene rings is 1. The predicted octanol–water partition coefficient (Wildman–Crippen LogP) is 2.92. The van der Waals surface area contributed by atoms with Crippen LogP contribution in [0.1, 0.15) is 39.2 Å². The van der Waals surface area contributed by atoms with Gasteiger partial charge in [-0.3, -0.25) is 14.5 Å². The smallest absolute Gasteiger partial charge is 0.278 e. The number of rotatable bonds is 4. The van der Waals surface area contributed by atoms with Crippen LogP contribution in [-0.4, -0.2) is 47.9 Å². The van der Waals surface area contributed by atoms with Crippen LogP contribution < -0.4 is 4.74 Å². The van der Waals surface area contributed by atoms with Gasteiger partial charge in [-0.05, 0) is 38.7 Å². The molecule has 0 radical (unpaired) electrons. The first-order valence-corrected chi connectivity index (χ1v) is 8.96. The number of imide groups is 1. The molecular formula is C20H26N2O3. The molecule has 0 saturated carbocycles. The van der Waals surface area contributed by atoms with Gasteiger partial charge in [0, 0.05) is 24.7 Å². The van der Waals surface area contributed by atoms with Crippen LogP contribution in [0.5, 0.6) is 5.75 Å². The van der Waals surface area contributed by atoms with Gasteiger partial charge in [0.15, 0.2) is 0 Å². The van der Waals surface area contributed by atoms with Gasteiger partial charge in [-0.15, -0.1) is 0 Å². The zero-order valence-electron chi connectivity index (χ0n) is 15.4. The van der Waals surface area contributed by atoms with E-state index in [-0.39, 0.29) is 17.9 Å². The van der Waals surface area contributed by atoms with Gasteiger partial charge >= 0.3 is 0 Å². The maximum absolute atomic E-state index is 13.1. The minimum Gasteiger partial charge on any atom is -0.496 e. The van der Waals surface area contributed by atoms with Crippen molar-refractivity contribution >= 4 is 17.4 Å². The van der Waals surface area contributed by atoms with E-state index in [0.717, 1.165) is 25.9 Å².